The lowest BCUT2D eigenvalue weighted by molar-refractivity contribution is -0.137. The second-order valence-electron chi connectivity index (χ2n) is 3.60. The number of fused-ring (bicyclic) bond motifs is 1. The van der Waals surface area contributed by atoms with E-state index in [1.807, 2.05) is 0 Å². The third kappa shape index (κ3) is 2.53. The first-order valence-electron chi connectivity index (χ1n) is 5.20. The number of hydrogen-bond donors (Lipinski definition) is 1. The number of rotatable bonds is 4. The molecule has 0 radical (unpaired) electrons. The number of anilines is 1. The summed E-state index contributed by atoms with van der Waals surface area (Å²) in [5.74, 6) is 1.48. The molecule has 0 aromatic carbocycles. The molecular formula is C10H13N5O2S. The number of methoxy groups -OCH3 is 1. The highest BCUT2D eigenvalue weighted by molar-refractivity contribution is 7.99. The Morgan fingerprint density at radius 2 is 2.33 bits per heavy atom. The number of aryl methyl sites for hydroxylation is 1. The van der Waals surface area contributed by atoms with Crippen LogP contribution in [0.25, 0.3) is 11.0 Å². The van der Waals surface area contributed by atoms with Crippen LogP contribution in [-0.4, -0.2) is 38.6 Å². The molecule has 0 amide bonds. The van der Waals surface area contributed by atoms with Crippen molar-refractivity contribution in [2.24, 2.45) is 7.05 Å². The Hall–Kier alpha value is -1.83. The number of nitrogens with zero attached hydrogens (tertiary/aromatic N) is 4. The number of carbonyl (C=O) groups excluding carboxylic acids is 1. The van der Waals surface area contributed by atoms with Crippen molar-refractivity contribution in [2.75, 3.05) is 18.6 Å². The number of ether oxygens (including phenoxy) is 1. The minimum atomic E-state index is -0.269. The monoisotopic (exact) mass is 267 g/mol. The van der Waals surface area contributed by atoms with Gasteiger partial charge in [0.15, 0.2) is 5.65 Å². The van der Waals surface area contributed by atoms with Crippen molar-refractivity contribution in [1.82, 2.24) is 19.7 Å². The summed E-state index contributed by atoms with van der Waals surface area (Å²) >= 11 is 1.38. The van der Waals surface area contributed by atoms with E-state index < -0.39 is 0 Å². The summed E-state index contributed by atoms with van der Waals surface area (Å²) in [4.78, 5) is 19.5. The maximum absolute atomic E-state index is 11.0. The van der Waals surface area contributed by atoms with Crippen LogP contribution in [0.15, 0.2) is 6.20 Å². The third-order valence-corrected chi connectivity index (χ3v) is 3.25. The van der Waals surface area contributed by atoms with Crippen LogP contribution in [0.5, 0.6) is 0 Å². The van der Waals surface area contributed by atoms with Crippen LogP contribution in [-0.2, 0) is 22.3 Å². The molecule has 2 aromatic rings. The summed E-state index contributed by atoms with van der Waals surface area (Å²) in [5, 5.41) is 4.81. The van der Waals surface area contributed by atoms with Crippen LogP contribution in [0.3, 0.4) is 0 Å². The minimum Gasteiger partial charge on any atom is -0.468 e. The molecule has 2 heterocycles. The van der Waals surface area contributed by atoms with E-state index >= 15 is 0 Å². The molecule has 2 N–H and O–H groups in total. The summed E-state index contributed by atoms with van der Waals surface area (Å²) in [6.45, 7) is 0. The van der Waals surface area contributed by atoms with E-state index in [-0.39, 0.29) is 11.7 Å². The van der Waals surface area contributed by atoms with Gasteiger partial charge in [-0.2, -0.15) is 5.10 Å². The van der Waals surface area contributed by atoms with Gasteiger partial charge in [-0.1, -0.05) is 0 Å². The van der Waals surface area contributed by atoms with Crippen molar-refractivity contribution in [2.45, 2.75) is 5.75 Å². The molecule has 96 valence electrons. The number of nitrogens with two attached hydrogens (primary N) is 1. The number of carbonyl (C=O) groups is 1. The van der Waals surface area contributed by atoms with E-state index in [0.717, 1.165) is 5.39 Å². The Bertz CT molecular complexity index is 583. The molecule has 0 unspecified atom stereocenters. The highest BCUT2D eigenvalue weighted by atomic mass is 32.2. The smallest absolute Gasteiger partial charge is 0.315 e. The molecular weight excluding hydrogens is 254 g/mol. The maximum atomic E-state index is 11.0. The Balaban J connectivity index is 2.14. The van der Waals surface area contributed by atoms with Gasteiger partial charge in [-0.15, -0.1) is 11.8 Å². The molecule has 2 aromatic heterocycles. The molecule has 18 heavy (non-hydrogen) atoms. The topological polar surface area (TPSA) is 95.9 Å². The summed E-state index contributed by atoms with van der Waals surface area (Å²) in [7, 11) is 3.15. The van der Waals surface area contributed by atoms with Crippen molar-refractivity contribution in [3.05, 3.63) is 12.0 Å². The Morgan fingerprint density at radius 3 is 3.06 bits per heavy atom. The minimum absolute atomic E-state index is 0.267. The molecule has 0 saturated heterocycles. The number of thioether (sulfide) groups is 1. The van der Waals surface area contributed by atoms with Gasteiger partial charge in [0, 0.05) is 7.05 Å². The summed E-state index contributed by atoms with van der Waals surface area (Å²) in [6, 6.07) is 0. The van der Waals surface area contributed by atoms with E-state index in [9.17, 15) is 4.79 Å². The largest absolute Gasteiger partial charge is 0.468 e. The predicted molar refractivity (Wildman–Crippen MR) is 68.9 cm³/mol. The number of aromatic nitrogens is 4. The van der Waals surface area contributed by atoms with Crippen molar-refractivity contribution in [3.63, 3.8) is 0 Å². The van der Waals surface area contributed by atoms with Crippen LogP contribution < -0.4 is 5.73 Å². The third-order valence-electron chi connectivity index (χ3n) is 2.35. The van der Waals surface area contributed by atoms with Gasteiger partial charge in [0.25, 0.3) is 0 Å². The molecule has 0 atom stereocenters. The maximum Gasteiger partial charge on any atom is 0.315 e. The highest BCUT2D eigenvalue weighted by Gasteiger charge is 2.09. The van der Waals surface area contributed by atoms with Gasteiger partial charge < -0.3 is 10.5 Å². The van der Waals surface area contributed by atoms with Gasteiger partial charge in [0.05, 0.1) is 30.2 Å². The first-order valence-corrected chi connectivity index (χ1v) is 6.36. The van der Waals surface area contributed by atoms with Crippen LogP contribution in [0, 0.1) is 0 Å². The summed E-state index contributed by atoms with van der Waals surface area (Å²) < 4.78 is 6.19. The normalized spacial score (nSPS) is 10.8. The predicted octanol–water partition coefficient (Wildman–Crippen LogP) is 0.352. The molecule has 0 aliphatic carbocycles. The molecule has 8 heteroatoms. The fourth-order valence-electron chi connectivity index (χ4n) is 1.44. The lowest BCUT2D eigenvalue weighted by Gasteiger charge is -2.03. The van der Waals surface area contributed by atoms with Gasteiger partial charge in [-0.05, 0) is 0 Å². The molecule has 0 spiro atoms. The molecule has 0 aliphatic rings. The van der Waals surface area contributed by atoms with E-state index in [1.54, 1.807) is 17.9 Å². The lowest BCUT2D eigenvalue weighted by atomic mass is 10.4. The van der Waals surface area contributed by atoms with Crippen molar-refractivity contribution >= 4 is 34.6 Å². The average Bonchev–Trinajstić information content (AvgIpc) is 2.72. The first-order chi connectivity index (χ1) is 8.61. The molecule has 0 fully saturated rings. The van der Waals surface area contributed by atoms with Gasteiger partial charge in [-0.25, -0.2) is 9.97 Å². The molecule has 0 aliphatic heterocycles. The Labute approximate surface area is 108 Å². The van der Waals surface area contributed by atoms with Crippen LogP contribution in [0.2, 0.25) is 0 Å². The van der Waals surface area contributed by atoms with Gasteiger partial charge >= 0.3 is 5.97 Å². The number of nitrogen functional groups attached to an aromatic ring is 1. The van der Waals surface area contributed by atoms with E-state index in [0.29, 0.717) is 23.0 Å². The number of esters is 1. The van der Waals surface area contributed by atoms with Gasteiger partial charge in [0.2, 0.25) is 0 Å². The lowest BCUT2D eigenvalue weighted by Crippen LogP contribution is -2.05. The van der Waals surface area contributed by atoms with Crippen molar-refractivity contribution < 1.29 is 9.53 Å². The zero-order valence-corrected chi connectivity index (χ0v) is 10.9. The SMILES string of the molecule is COC(=O)CSCc1nc(N)c2cnn(C)c2n1. The molecule has 0 bridgehead atoms. The van der Waals surface area contributed by atoms with E-state index in [2.05, 4.69) is 19.8 Å². The van der Waals surface area contributed by atoms with Crippen molar-refractivity contribution in [3.8, 4) is 0 Å². The standard InChI is InChI=1S/C10H13N5O2S/c1-15-10-6(3-12-15)9(11)13-7(14-10)4-18-5-8(16)17-2/h3H,4-5H2,1-2H3,(H2,11,13,14). The van der Waals surface area contributed by atoms with Gasteiger partial charge in [-0.3, -0.25) is 9.48 Å². The van der Waals surface area contributed by atoms with Gasteiger partial charge in [0.1, 0.15) is 11.6 Å². The second-order valence-corrected chi connectivity index (χ2v) is 4.59. The summed E-state index contributed by atoms with van der Waals surface area (Å²) in [5.41, 5.74) is 6.51. The fourth-order valence-corrected chi connectivity index (χ4v) is 2.14. The first kappa shape index (κ1) is 12.6. The fraction of sp³-hybridized carbons (Fsp3) is 0.400. The zero-order valence-electron chi connectivity index (χ0n) is 10.1. The van der Waals surface area contributed by atoms with Crippen LogP contribution in [0.4, 0.5) is 5.82 Å². The van der Waals surface area contributed by atoms with Crippen LogP contribution >= 0.6 is 11.8 Å². The summed E-state index contributed by atoms with van der Waals surface area (Å²) in [6.07, 6.45) is 1.63. The molecule has 2 rings (SSSR count). The van der Waals surface area contributed by atoms with E-state index in [4.69, 9.17) is 5.73 Å². The van der Waals surface area contributed by atoms with Crippen molar-refractivity contribution in [1.29, 1.82) is 0 Å². The van der Waals surface area contributed by atoms with E-state index in [1.165, 1.54) is 18.9 Å². The molecule has 7 nitrogen and oxygen atoms in total. The molecule has 0 saturated carbocycles. The van der Waals surface area contributed by atoms with Crippen LogP contribution in [0.1, 0.15) is 5.82 Å². The number of hydrogen-bond acceptors (Lipinski definition) is 7. The Morgan fingerprint density at radius 1 is 1.56 bits per heavy atom. The second kappa shape index (κ2) is 5.21. The highest BCUT2D eigenvalue weighted by Crippen LogP contribution is 2.18. The quantitative estimate of drug-likeness (QED) is 0.798. The zero-order chi connectivity index (χ0) is 13.1. The Kier molecular flexibility index (Phi) is 3.66. The average molecular weight is 267 g/mol.